The lowest BCUT2D eigenvalue weighted by Crippen LogP contribution is -2.30. The summed E-state index contributed by atoms with van der Waals surface area (Å²) in [5.41, 5.74) is 1.88. The fourth-order valence-electron chi connectivity index (χ4n) is 2.40. The average Bonchev–Trinajstić information content (AvgIpc) is 2.62. The van der Waals surface area contributed by atoms with E-state index in [-0.39, 0.29) is 5.82 Å². The third kappa shape index (κ3) is 3.80. The van der Waals surface area contributed by atoms with Crippen molar-refractivity contribution >= 4 is 5.84 Å². The minimum absolute atomic E-state index is 0.253. The minimum Gasteiger partial charge on any atom is -0.493 e. The third-order valence-electron chi connectivity index (χ3n) is 3.64. The van der Waals surface area contributed by atoms with E-state index in [1.54, 1.807) is 19.2 Å². The summed E-state index contributed by atoms with van der Waals surface area (Å²) >= 11 is 0. The van der Waals surface area contributed by atoms with E-state index in [2.05, 4.69) is 10.3 Å². The van der Waals surface area contributed by atoms with Gasteiger partial charge in [-0.2, -0.15) is 0 Å². The second-order valence-electron chi connectivity index (χ2n) is 5.29. The summed E-state index contributed by atoms with van der Waals surface area (Å²) in [4.78, 5) is 4.48. The lowest BCUT2D eigenvalue weighted by atomic mass is 10.1. The van der Waals surface area contributed by atoms with Crippen LogP contribution in [0.15, 0.2) is 47.5 Å². The van der Waals surface area contributed by atoms with E-state index in [1.807, 2.05) is 18.2 Å². The topological polar surface area (TPSA) is 42.8 Å². The molecule has 0 fully saturated rings. The van der Waals surface area contributed by atoms with Crippen LogP contribution in [0.25, 0.3) is 0 Å². The highest BCUT2D eigenvalue weighted by Gasteiger charge is 2.11. The first-order valence-corrected chi connectivity index (χ1v) is 7.60. The van der Waals surface area contributed by atoms with Crippen molar-refractivity contribution in [3.8, 4) is 11.5 Å². The Morgan fingerprint density at radius 1 is 1.13 bits per heavy atom. The molecule has 1 aliphatic rings. The Kier molecular flexibility index (Phi) is 4.76. The van der Waals surface area contributed by atoms with Gasteiger partial charge in [0.05, 0.1) is 7.11 Å². The molecule has 0 unspecified atom stereocenters. The first-order chi connectivity index (χ1) is 11.3. The number of nitrogens with one attached hydrogen (secondary N) is 1. The number of aliphatic imine (C=N–C) groups is 1. The molecule has 0 aliphatic carbocycles. The van der Waals surface area contributed by atoms with Crippen LogP contribution in [0.1, 0.15) is 17.5 Å². The Balaban J connectivity index is 1.74. The quantitative estimate of drug-likeness (QED) is 0.922. The molecule has 0 saturated heterocycles. The monoisotopic (exact) mass is 314 g/mol. The first-order valence-electron chi connectivity index (χ1n) is 7.60. The van der Waals surface area contributed by atoms with Crippen LogP contribution in [-0.2, 0) is 6.61 Å². The molecule has 2 aromatic rings. The molecule has 0 radical (unpaired) electrons. The highest BCUT2D eigenvalue weighted by Crippen LogP contribution is 2.29. The summed E-state index contributed by atoms with van der Waals surface area (Å²) in [6.07, 6.45) is 1.06. The van der Waals surface area contributed by atoms with Gasteiger partial charge in [0.25, 0.3) is 0 Å². The Morgan fingerprint density at radius 2 is 1.96 bits per heavy atom. The summed E-state index contributed by atoms with van der Waals surface area (Å²) in [6, 6.07) is 12.0. The van der Waals surface area contributed by atoms with E-state index < -0.39 is 0 Å². The normalized spacial score (nSPS) is 13.9. The van der Waals surface area contributed by atoms with Gasteiger partial charge >= 0.3 is 0 Å². The van der Waals surface area contributed by atoms with Crippen molar-refractivity contribution in [3.05, 3.63) is 59.4 Å². The number of halogens is 1. The van der Waals surface area contributed by atoms with Crippen molar-refractivity contribution in [1.29, 1.82) is 0 Å². The maximum absolute atomic E-state index is 12.9. The lowest BCUT2D eigenvalue weighted by molar-refractivity contribution is 0.284. The number of hydrogen-bond donors (Lipinski definition) is 1. The molecular weight excluding hydrogens is 295 g/mol. The summed E-state index contributed by atoms with van der Waals surface area (Å²) in [6.45, 7) is 2.13. The SMILES string of the molecule is COc1cc(C2=NCCCN2)ccc1OCc1ccc(F)cc1. The maximum Gasteiger partial charge on any atom is 0.161 e. The van der Waals surface area contributed by atoms with Crippen molar-refractivity contribution in [2.24, 2.45) is 4.99 Å². The molecule has 0 aromatic heterocycles. The van der Waals surface area contributed by atoms with Crippen molar-refractivity contribution in [1.82, 2.24) is 5.32 Å². The largest absolute Gasteiger partial charge is 0.493 e. The molecule has 1 aliphatic heterocycles. The summed E-state index contributed by atoms with van der Waals surface area (Å²) < 4.78 is 24.1. The van der Waals surface area contributed by atoms with Crippen molar-refractivity contribution in [2.75, 3.05) is 20.2 Å². The number of benzene rings is 2. The second kappa shape index (κ2) is 7.13. The molecule has 0 saturated carbocycles. The molecule has 4 nitrogen and oxygen atoms in total. The van der Waals surface area contributed by atoms with E-state index >= 15 is 0 Å². The van der Waals surface area contributed by atoms with Crippen molar-refractivity contribution in [3.63, 3.8) is 0 Å². The van der Waals surface area contributed by atoms with Gasteiger partial charge in [-0.05, 0) is 42.3 Å². The Labute approximate surface area is 135 Å². The average molecular weight is 314 g/mol. The molecule has 23 heavy (non-hydrogen) atoms. The molecule has 3 rings (SSSR count). The molecule has 120 valence electrons. The smallest absolute Gasteiger partial charge is 0.161 e. The van der Waals surface area contributed by atoms with Gasteiger partial charge in [-0.1, -0.05) is 12.1 Å². The van der Waals surface area contributed by atoms with Crippen LogP contribution in [0.2, 0.25) is 0 Å². The fourth-order valence-corrected chi connectivity index (χ4v) is 2.40. The second-order valence-corrected chi connectivity index (χ2v) is 5.29. The Bertz CT molecular complexity index is 699. The van der Waals surface area contributed by atoms with Crippen LogP contribution >= 0.6 is 0 Å². The van der Waals surface area contributed by atoms with Crippen molar-refractivity contribution in [2.45, 2.75) is 13.0 Å². The van der Waals surface area contributed by atoms with E-state index in [9.17, 15) is 4.39 Å². The van der Waals surface area contributed by atoms with Gasteiger partial charge in [0.2, 0.25) is 0 Å². The maximum atomic E-state index is 12.9. The molecule has 5 heteroatoms. The molecule has 1 N–H and O–H groups in total. The number of hydrogen-bond acceptors (Lipinski definition) is 4. The van der Waals surface area contributed by atoms with E-state index in [0.29, 0.717) is 18.1 Å². The number of methoxy groups -OCH3 is 1. The Hall–Kier alpha value is -2.56. The van der Waals surface area contributed by atoms with Crippen LogP contribution in [0.5, 0.6) is 11.5 Å². The van der Waals surface area contributed by atoms with E-state index in [4.69, 9.17) is 9.47 Å². The number of amidine groups is 1. The summed E-state index contributed by atoms with van der Waals surface area (Å²) in [5.74, 6) is 1.94. The minimum atomic E-state index is -0.253. The highest BCUT2D eigenvalue weighted by atomic mass is 19.1. The zero-order valence-corrected chi connectivity index (χ0v) is 13.0. The molecule has 1 heterocycles. The fraction of sp³-hybridized carbons (Fsp3) is 0.278. The van der Waals surface area contributed by atoms with E-state index in [1.165, 1.54) is 12.1 Å². The van der Waals surface area contributed by atoms with E-state index in [0.717, 1.165) is 36.5 Å². The standard InChI is InChI=1S/C18H19FN2O2/c1-22-17-11-14(18-20-9-2-10-21-18)5-8-16(17)23-12-13-3-6-15(19)7-4-13/h3-8,11H,2,9-10,12H2,1H3,(H,20,21). The van der Waals surface area contributed by atoms with Crippen LogP contribution in [0, 0.1) is 5.82 Å². The number of rotatable bonds is 5. The molecular formula is C18H19FN2O2. The van der Waals surface area contributed by atoms with Crippen molar-refractivity contribution < 1.29 is 13.9 Å². The first kappa shape index (κ1) is 15.3. The zero-order valence-electron chi connectivity index (χ0n) is 13.0. The van der Waals surface area contributed by atoms with Gasteiger partial charge in [0.15, 0.2) is 11.5 Å². The molecule has 0 spiro atoms. The number of ether oxygens (including phenoxy) is 2. The summed E-state index contributed by atoms with van der Waals surface area (Å²) in [7, 11) is 1.61. The van der Waals surface area contributed by atoms with Gasteiger partial charge in [-0.25, -0.2) is 4.39 Å². The molecule has 0 amide bonds. The Morgan fingerprint density at radius 3 is 2.65 bits per heavy atom. The third-order valence-corrected chi connectivity index (χ3v) is 3.64. The number of nitrogens with zero attached hydrogens (tertiary/aromatic N) is 1. The molecule has 0 atom stereocenters. The van der Waals surface area contributed by atoms with Crippen LogP contribution in [0.4, 0.5) is 4.39 Å². The van der Waals surface area contributed by atoms with Gasteiger partial charge in [0.1, 0.15) is 18.3 Å². The van der Waals surface area contributed by atoms with Crippen LogP contribution in [-0.4, -0.2) is 26.0 Å². The highest BCUT2D eigenvalue weighted by molar-refractivity contribution is 5.99. The molecule has 0 bridgehead atoms. The summed E-state index contributed by atoms with van der Waals surface area (Å²) in [5, 5.41) is 3.29. The molecule has 2 aromatic carbocycles. The zero-order chi connectivity index (χ0) is 16.1. The predicted octanol–water partition coefficient (Wildman–Crippen LogP) is 3.15. The van der Waals surface area contributed by atoms with Gasteiger partial charge < -0.3 is 14.8 Å². The van der Waals surface area contributed by atoms with Crippen LogP contribution in [0.3, 0.4) is 0 Å². The predicted molar refractivity (Wildman–Crippen MR) is 87.7 cm³/mol. The van der Waals surface area contributed by atoms with Crippen LogP contribution < -0.4 is 14.8 Å². The van der Waals surface area contributed by atoms with Gasteiger partial charge in [0, 0.05) is 18.7 Å². The lowest BCUT2D eigenvalue weighted by Gasteiger charge is -2.17. The van der Waals surface area contributed by atoms with Gasteiger partial charge in [-0.15, -0.1) is 0 Å². The van der Waals surface area contributed by atoms with Gasteiger partial charge in [-0.3, -0.25) is 4.99 Å².